The number of hydrogen-bond acceptors (Lipinski definition) is 3. The maximum Gasteiger partial charge on any atom is 0.354 e. The third-order valence-corrected chi connectivity index (χ3v) is 4.17. The van der Waals surface area contributed by atoms with E-state index in [0.717, 1.165) is 22.2 Å². The number of H-pyrrole nitrogens is 2. The monoisotopic (exact) mass is 332 g/mol. The van der Waals surface area contributed by atoms with Crippen LogP contribution in [0, 0.1) is 0 Å². The highest BCUT2D eigenvalue weighted by atomic mass is 16.5. The van der Waals surface area contributed by atoms with Crippen molar-refractivity contribution in [2.75, 3.05) is 6.61 Å². The van der Waals surface area contributed by atoms with Crippen LogP contribution in [0.2, 0.25) is 0 Å². The summed E-state index contributed by atoms with van der Waals surface area (Å²) in [6, 6.07) is 16.9. The average molecular weight is 332 g/mol. The third kappa shape index (κ3) is 2.59. The summed E-state index contributed by atoms with van der Waals surface area (Å²) in [7, 11) is 0. The minimum atomic E-state index is -0.527. The number of nitrogens with one attached hydrogen (secondary N) is 2. The van der Waals surface area contributed by atoms with E-state index in [2.05, 4.69) is 9.97 Å². The first-order valence-electron chi connectivity index (χ1n) is 8.08. The Morgan fingerprint density at radius 2 is 1.76 bits per heavy atom. The molecule has 2 aromatic carbocycles. The summed E-state index contributed by atoms with van der Waals surface area (Å²) in [6.45, 7) is 1.99. The highest BCUT2D eigenvalue weighted by Crippen LogP contribution is 2.28. The van der Waals surface area contributed by atoms with E-state index in [1.807, 2.05) is 42.5 Å². The van der Waals surface area contributed by atoms with Crippen LogP contribution < -0.4 is 5.43 Å². The summed E-state index contributed by atoms with van der Waals surface area (Å²) in [5, 5.41) is 1.39. The van der Waals surface area contributed by atoms with E-state index in [9.17, 15) is 9.59 Å². The van der Waals surface area contributed by atoms with E-state index >= 15 is 0 Å². The SMILES string of the molecule is CCOC(=O)c1cc(=O)c2c(ccc3[nH]c(-c4ccccc4)cc32)[nH]1. The van der Waals surface area contributed by atoms with Crippen LogP contribution >= 0.6 is 0 Å². The van der Waals surface area contributed by atoms with Gasteiger partial charge in [0.1, 0.15) is 5.69 Å². The van der Waals surface area contributed by atoms with Crippen molar-refractivity contribution in [3.05, 3.63) is 70.5 Å². The van der Waals surface area contributed by atoms with Gasteiger partial charge in [-0.15, -0.1) is 0 Å². The van der Waals surface area contributed by atoms with Crippen molar-refractivity contribution < 1.29 is 9.53 Å². The lowest BCUT2D eigenvalue weighted by Gasteiger charge is -2.04. The molecule has 0 aliphatic rings. The molecule has 4 aromatic rings. The van der Waals surface area contributed by atoms with Crippen LogP contribution in [0.3, 0.4) is 0 Å². The largest absolute Gasteiger partial charge is 0.461 e. The lowest BCUT2D eigenvalue weighted by Crippen LogP contribution is -2.12. The van der Waals surface area contributed by atoms with Gasteiger partial charge in [0, 0.05) is 22.7 Å². The van der Waals surface area contributed by atoms with Gasteiger partial charge in [-0.2, -0.15) is 0 Å². The molecule has 0 atom stereocenters. The number of esters is 1. The van der Waals surface area contributed by atoms with Crippen LogP contribution in [0.1, 0.15) is 17.4 Å². The fourth-order valence-corrected chi connectivity index (χ4v) is 3.05. The molecule has 0 saturated carbocycles. The fraction of sp³-hybridized carbons (Fsp3) is 0.100. The van der Waals surface area contributed by atoms with Gasteiger partial charge in [-0.25, -0.2) is 4.79 Å². The minimum absolute atomic E-state index is 0.164. The summed E-state index contributed by atoms with van der Waals surface area (Å²) in [4.78, 5) is 30.9. The van der Waals surface area contributed by atoms with Crippen molar-refractivity contribution in [1.29, 1.82) is 0 Å². The smallest absolute Gasteiger partial charge is 0.354 e. The second-order valence-electron chi connectivity index (χ2n) is 5.77. The molecule has 0 unspecified atom stereocenters. The maximum atomic E-state index is 12.6. The molecule has 0 aliphatic heterocycles. The van der Waals surface area contributed by atoms with E-state index in [1.54, 1.807) is 13.0 Å². The number of pyridine rings is 1. The molecule has 0 fully saturated rings. The zero-order valence-electron chi connectivity index (χ0n) is 13.6. The number of ether oxygens (including phenoxy) is 1. The molecule has 5 heteroatoms. The van der Waals surface area contributed by atoms with Gasteiger partial charge in [-0.3, -0.25) is 4.79 Å². The Balaban J connectivity index is 1.93. The van der Waals surface area contributed by atoms with E-state index in [-0.39, 0.29) is 17.7 Å². The Hall–Kier alpha value is -3.34. The molecule has 0 spiro atoms. The number of benzene rings is 2. The van der Waals surface area contributed by atoms with Crippen molar-refractivity contribution in [2.24, 2.45) is 0 Å². The second kappa shape index (κ2) is 5.94. The van der Waals surface area contributed by atoms with Crippen LogP contribution in [-0.2, 0) is 4.74 Å². The summed E-state index contributed by atoms with van der Waals surface area (Å²) >= 11 is 0. The molecule has 2 N–H and O–H groups in total. The standard InChI is InChI=1S/C20H16N2O3/c1-2-25-20(24)17-11-18(23)19-13-10-16(12-6-4-3-5-7-12)21-14(13)8-9-15(19)22-17/h3-11,21H,2H2,1H3,(H,22,23). The Kier molecular flexibility index (Phi) is 3.61. The van der Waals surface area contributed by atoms with Crippen LogP contribution in [0.15, 0.2) is 59.4 Å². The van der Waals surface area contributed by atoms with Gasteiger partial charge in [0.2, 0.25) is 0 Å². The number of rotatable bonds is 3. The first-order chi connectivity index (χ1) is 12.2. The maximum absolute atomic E-state index is 12.6. The van der Waals surface area contributed by atoms with Crippen molar-refractivity contribution in [1.82, 2.24) is 9.97 Å². The van der Waals surface area contributed by atoms with Crippen molar-refractivity contribution >= 4 is 27.8 Å². The molecule has 0 saturated heterocycles. The molecule has 0 bridgehead atoms. The van der Waals surface area contributed by atoms with Crippen molar-refractivity contribution in [2.45, 2.75) is 6.92 Å². The second-order valence-corrected chi connectivity index (χ2v) is 5.77. The first kappa shape index (κ1) is 15.2. The highest BCUT2D eigenvalue weighted by Gasteiger charge is 2.14. The number of aromatic nitrogens is 2. The number of aromatic amines is 2. The zero-order chi connectivity index (χ0) is 17.4. The van der Waals surface area contributed by atoms with Gasteiger partial charge in [-0.05, 0) is 30.7 Å². The quantitative estimate of drug-likeness (QED) is 0.560. The predicted molar refractivity (Wildman–Crippen MR) is 97.8 cm³/mol. The Morgan fingerprint density at radius 3 is 2.52 bits per heavy atom. The molecular formula is C20H16N2O3. The van der Waals surface area contributed by atoms with Crippen LogP contribution in [-0.4, -0.2) is 22.5 Å². The molecule has 4 rings (SSSR count). The first-order valence-corrected chi connectivity index (χ1v) is 8.08. The van der Waals surface area contributed by atoms with Gasteiger partial charge in [0.15, 0.2) is 5.43 Å². The van der Waals surface area contributed by atoms with Crippen LogP contribution in [0.4, 0.5) is 0 Å². The van der Waals surface area contributed by atoms with Crippen LogP contribution in [0.25, 0.3) is 33.1 Å². The molecule has 0 radical (unpaired) electrons. The van der Waals surface area contributed by atoms with E-state index < -0.39 is 5.97 Å². The molecule has 2 aromatic heterocycles. The Labute approximate surface area is 143 Å². The van der Waals surface area contributed by atoms with E-state index in [0.29, 0.717) is 10.9 Å². The third-order valence-electron chi connectivity index (χ3n) is 4.17. The van der Waals surface area contributed by atoms with Crippen LogP contribution in [0.5, 0.6) is 0 Å². The molecule has 0 amide bonds. The van der Waals surface area contributed by atoms with Crippen molar-refractivity contribution in [3.8, 4) is 11.3 Å². The predicted octanol–water partition coefficient (Wildman–Crippen LogP) is 3.85. The lowest BCUT2D eigenvalue weighted by molar-refractivity contribution is 0.0520. The molecular weight excluding hydrogens is 316 g/mol. The van der Waals surface area contributed by atoms with Gasteiger partial charge >= 0.3 is 5.97 Å². The van der Waals surface area contributed by atoms with E-state index in [4.69, 9.17) is 4.74 Å². The average Bonchev–Trinajstić information content (AvgIpc) is 3.06. The number of fused-ring (bicyclic) bond motifs is 3. The molecule has 0 aliphatic carbocycles. The van der Waals surface area contributed by atoms with Gasteiger partial charge in [0.05, 0.1) is 17.5 Å². The van der Waals surface area contributed by atoms with Gasteiger partial charge in [-0.1, -0.05) is 30.3 Å². The van der Waals surface area contributed by atoms with E-state index in [1.165, 1.54) is 6.07 Å². The highest BCUT2D eigenvalue weighted by molar-refractivity contribution is 6.07. The normalized spacial score (nSPS) is 11.1. The fourth-order valence-electron chi connectivity index (χ4n) is 3.05. The zero-order valence-corrected chi connectivity index (χ0v) is 13.6. The summed E-state index contributed by atoms with van der Waals surface area (Å²) < 4.78 is 4.97. The molecule has 25 heavy (non-hydrogen) atoms. The lowest BCUT2D eigenvalue weighted by atomic mass is 10.1. The number of hydrogen-bond donors (Lipinski definition) is 2. The molecule has 124 valence electrons. The Morgan fingerprint density at radius 1 is 1.00 bits per heavy atom. The number of carbonyl (C=O) groups is 1. The van der Waals surface area contributed by atoms with Gasteiger partial charge in [0.25, 0.3) is 0 Å². The Bertz CT molecular complexity index is 1140. The van der Waals surface area contributed by atoms with Crippen molar-refractivity contribution in [3.63, 3.8) is 0 Å². The number of carbonyl (C=O) groups excluding carboxylic acids is 1. The molecule has 2 heterocycles. The summed E-state index contributed by atoms with van der Waals surface area (Å²) in [5.74, 6) is -0.527. The topological polar surface area (TPSA) is 75.0 Å². The summed E-state index contributed by atoms with van der Waals surface area (Å²) in [5.41, 5.74) is 3.43. The minimum Gasteiger partial charge on any atom is -0.461 e. The molecule has 5 nitrogen and oxygen atoms in total. The summed E-state index contributed by atoms with van der Waals surface area (Å²) in [6.07, 6.45) is 0. The van der Waals surface area contributed by atoms with Gasteiger partial charge < -0.3 is 14.7 Å².